The summed E-state index contributed by atoms with van der Waals surface area (Å²) in [5.41, 5.74) is 5.06. The van der Waals surface area contributed by atoms with E-state index in [-0.39, 0.29) is 24.5 Å². The van der Waals surface area contributed by atoms with Crippen molar-refractivity contribution >= 4 is 45.2 Å². The maximum atomic E-state index is 12.5. The van der Waals surface area contributed by atoms with E-state index >= 15 is 0 Å². The summed E-state index contributed by atoms with van der Waals surface area (Å²) in [4.78, 5) is 36.8. The minimum Gasteiger partial charge on any atom is -0.465 e. The van der Waals surface area contributed by atoms with Crippen LogP contribution >= 0.6 is 0 Å². The molecule has 0 N–H and O–H groups in total. The molecule has 0 aromatic heterocycles. The highest BCUT2D eigenvalue weighted by Gasteiger charge is 2.16. The first-order valence-electron chi connectivity index (χ1n) is 20.3. The molecule has 0 radical (unpaired) electrons. The van der Waals surface area contributed by atoms with Crippen LogP contribution in [0.3, 0.4) is 0 Å². The van der Waals surface area contributed by atoms with Crippen LogP contribution in [0.2, 0.25) is 0 Å². The number of ether oxygens (including phenoxy) is 2. The van der Waals surface area contributed by atoms with E-state index in [1.165, 1.54) is 12.8 Å². The fourth-order valence-electron chi connectivity index (χ4n) is 6.83. The lowest BCUT2D eigenvalue weighted by Crippen LogP contribution is -2.18. The van der Waals surface area contributed by atoms with Crippen LogP contribution in [0.15, 0.2) is 82.2 Å². The van der Waals surface area contributed by atoms with Crippen molar-refractivity contribution in [2.45, 2.75) is 123 Å². The van der Waals surface area contributed by atoms with Crippen molar-refractivity contribution in [1.82, 2.24) is 4.98 Å². The molecule has 0 atom stereocenters. The largest absolute Gasteiger partial charge is 0.465 e. The number of unbranched alkanes of at least 4 members (excludes halogenated alkanes) is 9. The number of carbonyl (C=O) groups is 2. The number of esters is 2. The van der Waals surface area contributed by atoms with E-state index in [4.69, 9.17) is 23.9 Å². The highest BCUT2D eigenvalue weighted by Crippen LogP contribution is 2.32. The van der Waals surface area contributed by atoms with Crippen LogP contribution in [-0.4, -0.2) is 43.7 Å². The second kappa shape index (κ2) is 21.2. The van der Waals surface area contributed by atoms with Gasteiger partial charge in [-0.05, 0) is 55.5 Å². The molecule has 54 heavy (non-hydrogen) atoms. The average Bonchev–Trinajstić information content (AvgIpc) is 3.17. The van der Waals surface area contributed by atoms with Gasteiger partial charge in [0.1, 0.15) is 17.3 Å². The number of rotatable bonds is 22. The topological polar surface area (TPSA) is 94.2 Å². The molecule has 3 aromatic rings. The maximum Gasteiger partial charge on any atom is 0.310 e. The van der Waals surface area contributed by atoms with Gasteiger partial charge in [0.15, 0.2) is 11.3 Å². The van der Waals surface area contributed by atoms with Gasteiger partial charge in [0.2, 0.25) is 0 Å². The number of hydrogen-bond acceptors (Lipinski definition) is 8. The number of benzene rings is 4. The molecule has 0 fully saturated rings. The van der Waals surface area contributed by atoms with Crippen molar-refractivity contribution < 1.29 is 23.5 Å². The standard InChI is InChI=1S/C46H59N3O5/c1-5-7-19-37(20-8-6-2)53-44(50)23-15-13-11-9-10-12-14-18-30-52-45(51)31-34-24-26-35(27-25-34)47-41-33-43-46(39-22-17-16-21-38(39)41)48-40-29-28-36(49(3)4)32-42(40)54-43/h16-17,21-22,24-29,32-33,37H,5-15,18-20,23,30-31H2,1-4H3/b47-41+. The zero-order valence-corrected chi connectivity index (χ0v) is 32.9. The van der Waals surface area contributed by atoms with Crippen molar-refractivity contribution in [1.29, 1.82) is 0 Å². The van der Waals surface area contributed by atoms with Gasteiger partial charge >= 0.3 is 11.9 Å². The Morgan fingerprint density at radius 3 is 2.11 bits per heavy atom. The predicted molar refractivity (Wildman–Crippen MR) is 219 cm³/mol. The zero-order chi connectivity index (χ0) is 38.1. The number of nitrogens with zero attached hydrogens (tertiary/aromatic N) is 3. The summed E-state index contributed by atoms with van der Waals surface area (Å²) in [5.74, 6) is 0.442. The summed E-state index contributed by atoms with van der Waals surface area (Å²) >= 11 is 0. The molecule has 0 unspecified atom stereocenters. The molecule has 0 saturated heterocycles. The number of carbonyl (C=O) groups excluding carboxylic acids is 2. The third-order valence-electron chi connectivity index (χ3n) is 10.0. The molecule has 0 amide bonds. The second-order valence-corrected chi connectivity index (χ2v) is 14.7. The highest BCUT2D eigenvalue weighted by atomic mass is 16.5. The Labute approximate surface area is 321 Å². The SMILES string of the molecule is CCCCC(CCCC)OC(=O)CCCCCCCCCCOC(=O)Cc1ccc(/N=c2\cc3oc4cc(N(C)C)ccc4nc-3c3ccccc23)cc1. The lowest BCUT2D eigenvalue weighted by molar-refractivity contribution is -0.150. The first kappa shape index (κ1) is 40.5. The van der Waals surface area contributed by atoms with Gasteiger partial charge in [-0.25, -0.2) is 9.98 Å². The molecule has 0 saturated carbocycles. The van der Waals surface area contributed by atoms with Crippen LogP contribution in [0.25, 0.3) is 33.3 Å². The molecule has 1 aliphatic carbocycles. The Kier molecular flexibility index (Phi) is 15.9. The third-order valence-corrected chi connectivity index (χ3v) is 10.0. The van der Waals surface area contributed by atoms with E-state index < -0.39 is 0 Å². The summed E-state index contributed by atoms with van der Waals surface area (Å²) < 4.78 is 17.7. The van der Waals surface area contributed by atoms with Crippen LogP contribution in [0.5, 0.6) is 0 Å². The van der Waals surface area contributed by atoms with Gasteiger partial charge in [-0.2, -0.15) is 0 Å². The van der Waals surface area contributed by atoms with Crippen molar-refractivity contribution in [3.05, 3.63) is 83.7 Å². The van der Waals surface area contributed by atoms with Crippen molar-refractivity contribution in [3.63, 3.8) is 0 Å². The minimum absolute atomic E-state index is 0.0247. The van der Waals surface area contributed by atoms with Gasteiger partial charge in [-0.1, -0.05) is 114 Å². The number of anilines is 1. The van der Waals surface area contributed by atoms with Gasteiger partial charge in [-0.3, -0.25) is 9.59 Å². The van der Waals surface area contributed by atoms with Gasteiger partial charge in [-0.15, -0.1) is 0 Å². The first-order chi connectivity index (χ1) is 26.3. The smallest absolute Gasteiger partial charge is 0.310 e. The van der Waals surface area contributed by atoms with E-state index in [0.717, 1.165) is 127 Å². The Bertz CT molecular complexity index is 1960. The fourth-order valence-corrected chi connectivity index (χ4v) is 6.83. The van der Waals surface area contributed by atoms with Gasteiger partial charge in [0.25, 0.3) is 0 Å². The van der Waals surface area contributed by atoms with E-state index in [2.05, 4.69) is 26.0 Å². The van der Waals surface area contributed by atoms with E-state index in [0.29, 0.717) is 18.8 Å². The summed E-state index contributed by atoms with van der Waals surface area (Å²) in [6.07, 6.45) is 15.9. The lowest BCUT2D eigenvalue weighted by Gasteiger charge is -2.17. The molecule has 2 aliphatic rings. The summed E-state index contributed by atoms with van der Waals surface area (Å²) in [6.45, 7) is 4.81. The minimum atomic E-state index is -0.209. The van der Waals surface area contributed by atoms with E-state index in [1.54, 1.807) is 0 Å². The Morgan fingerprint density at radius 2 is 1.43 bits per heavy atom. The van der Waals surface area contributed by atoms with E-state index in [9.17, 15) is 9.59 Å². The number of fused-ring (bicyclic) bond motifs is 4. The van der Waals surface area contributed by atoms with Gasteiger partial charge < -0.3 is 18.8 Å². The highest BCUT2D eigenvalue weighted by molar-refractivity contribution is 5.96. The summed E-state index contributed by atoms with van der Waals surface area (Å²) in [5, 5.41) is 2.77. The molecule has 0 bridgehead atoms. The van der Waals surface area contributed by atoms with Crippen molar-refractivity contribution in [3.8, 4) is 11.5 Å². The number of aromatic nitrogens is 1. The van der Waals surface area contributed by atoms with Crippen molar-refractivity contribution in [2.24, 2.45) is 4.99 Å². The molecule has 288 valence electrons. The van der Waals surface area contributed by atoms with Crippen LogP contribution in [0.4, 0.5) is 11.4 Å². The zero-order valence-electron chi connectivity index (χ0n) is 32.9. The molecular weight excluding hydrogens is 675 g/mol. The normalized spacial score (nSPS) is 11.9. The van der Waals surface area contributed by atoms with Crippen molar-refractivity contribution in [2.75, 3.05) is 25.6 Å². The molecule has 0 spiro atoms. The lowest BCUT2D eigenvalue weighted by atomic mass is 10.0. The molecular formula is C46H59N3O5. The molecule has 8 nitrogen and oxygen atoms in total. The third kappa shape index (κ3) is 12.2. The molecule has 3 aromatic carbocycles. The monoisotopic (exact) mass is 733 g/mol. The second-order valence-electron chi connectivity index (χ2n) is 14.7. The van der Waals surface area contributed by atoms with Crippen LogP contribution in [0, 0.1) is 0 Å². The van der Waals surface area contributed by atoms with Gasteiger partial charge in [0.05, 0.1) is 24.1 Å². The Morgan fingerprint density at radius 1 is 0.759 bits per heavy atom. The molecule has 5 rings (SSSR count). The van der Waals surface area contributed by atoms with Crippen LogP contribution in [-0.2, 0) is 25.5 Å². The van der Waals surface area contributed by atoms with Crippen LogP contribution < -0.4 is 10.3 Å². The quantitative estimate of drug-likeness (QED) is 0.0302. The summed E-state index contributed by atoms with van der Waals surface area (Å²) in [7, 11) is 4.01. The fraction of sp³-hybridized carbons (Fsp3) is 0.478. The average molecular weight is 734 g/mol. The molecule has 8 heteroatoms. The molecule has 1 heterocycles. The Balaban J connectivity index is 1.02. The summed E-state index contributed by atoms with van der Waals surface area (Å²) in [6, 6.07) is 23.9. The maximum absolute atomic E-state index is 12.5. The molecule has 1 aliphatic heterocycles. The Hall–Kier alpha value is -4.72. The van der Waals surface area contributed by atoms with Crippen LogP contribution in [0.1, 0.15) is 116 Å². The van der Waals surface area contributed by atoms with E-state index in [1.807, 2.05) is 79.7 Å². The predicted octanol–water partition coefficient (Wildman–Crippen LogP) is 11.3. The van der Waals surface area contributed by atoms with Gasteiger partial charge in [0, 0.05) is 49.1 Å². The number of hydrogen-bond donors (Lipinski definition) is 0. The first-order valence-corrected chi connectivity index (χ1v) is 20.3.